The molecule has 3 nitrogen and oxygen atoms in total. The Hall–Kier alpha value is -1.10. The first-order valence-electron chi connectivity index (χ1n) is 4.88. The van der Waals surface area contributed by atoms with Gasteiger partial charge in [-0.05, 0) is 17.7 Å². The molecule has 0 saturated carbocycles. The van der Waals surface area contributed by atoms with Crippen molar-refractivity contribution in [3.05, 3.63) is 45.4 Å². The minimum atomic E-state index is 0.601. The average Bonchev–Trinajstić information content (AvgIpc) is 2.76. The van der Waals surface area contributed by atoms with E-state index in [-0.39, 0.29) is 0 Å². The maximum atomic E-state index is 5.84. The standard InChI is InChI=1S/C11H12ClN3S/c12-9-2-1-8(5-10(9)13)6-14-7-11-15-3-4-16-11/h1-5,14H,6-7,13H2. The molecule has 0 aliphatic carbocycles. The Morgan fingerprint density at radius 2 is 2.25 bits per heavy atom. The quantitative estimate of drug-likeness (QED) is 0.824. The van der Waals surface area contributed by atoms with Crippen molar-refractivity contribution in [2.75, 3.05) is 5.73 Å². The van der Waals surface area contributed by atoms with Crippen molar-refractivity contribution in [3.8, 4) is 0 Å². The number of nitrogens with two attached hydrogens (primary N) is 1. The van der Waals surface area contributed by atoms with E-state index in [1.807, 2.05) is 29.8 Å². The van der Waals surface area contributed by atoms with Crippen LogP contribution in [0, 0.1) is 0 Å². The largest absolute Gasteiger partial charge is 0.398 e. The smallest absolute Gasteiger partial charge is 0.106 e. The van der Waals surface area contributed by atoms with Gasteiger partial charge in [-0.2, -0.15) is 0 Å². The Balaban J connectivity index is 1.87. The Bertz CT molecular complexity index is 456. The Kier molecular flexibility index (Phi) is 3.77. The molecule has 1 heterocycles. The van der Waals surface area contributed by atoms with Crippen LogP contribution in [-0.4, -0.2) is 4.98 Å². The van der Waals surface area contributed by atoms with Crippen LogP contribution in [0.15, 0.2) is 29.8 Å². The van der Waals surface area contributed by atoms with E-state index in [1.165, 1.54) is 0 Å². The van der Waals surface area contributed by atoms with Crippen LogP contribution in [-0.2, 0) is 13.1 Å². The van der Waals surface area contributed by atoms with Gasteiger partial charge in [0.25, 0.3) is 0 Å². The predicted molar refractivity (Wildman–Crippen MR) is 68.5 cm³/mol. The Labute approximate surface area is 103 Å². The number of hydrogen-bond donors (Lipinski definition) is 2. The van der Waals surface area contributed by atoms with Gasteiger partial charge in [0.15, 0.2) is 0 Å². The summed E-state index contributed by atoms with van der Waals surface area (Å²) in [6.07, 6.45) is 1.81. The summed E-state index contributed by atoms with van der Waals surface area (Å²) in [7, 11) is 0. The Morgan fingerprint density at radius 3 is 2.94 bits per heavy atom. The molecule has 2 aromatic rings. The molecule has 16 heavy (non-hydrogen) atoms. The highest BCUT2D eigenvalue weighted by atomic mass is 35.5. The second-order valence-electron chi connectivity index (χ2n) is 3.39. The van der Waals surface area contributed by atoms with Gasteiger partial charge in [-0.1, -0.05) is 17.7 Å². The lowest BCUT2D eigenvalue weighted by Gasteiger charge is -2.05. The highest BCUT2D eigenvalue weighted by Crippen LogP contribution is 2.19. The van der Waals surface area contributed by atoms with Crippen LogP contribution in [0.5, 0.6) is 0 Å². The van der Waals surface area contributed by atoms with Crippen molar-refractivity contribution in [2.45, 2.75) is 13.1 Å². The van der Waals surface area contributed by atoms with Crippen molar-refractivity contribution in [2.24, 2.45) is 0 Å². The first kappa shape index (κ1) is 11.4. The van der Waals surface area contributed by atoms with Gasteiger partial charge in [0.1, 0.15) is 5.01 Å². The molecule has 0 aliphatic rings. The number of thiazole rings is 1. The molecule has 0 fully saturated rings. The lowest BCUT2D eigenvalue weighted by Crippen LogP contribution is -2.12. The third kappa shape index (κ3) is 2.95. The molecule has 0 saturated heterocycles. The van der Waals surface area contributed by atoms with Crippen molar-refractivity contribution in [3.63, 3.8) is 0 Å². The average molecular weight is 254 g/mol. The van der Waals surface area contributed by atoms with E-state index in [1.54, 1.807) is 11.3 Å². The maximum Gasteiger partial charge on any atom is 0.106 e. The summed E-state index contributed by atoms with van der Waals surface area (Å²) in [5.74, 6) is 0. The number of benzene rings is 1. The molecular weight excluding hydrogens is 242 g/mol. The van der Waals surface area contributed by atoms with Crippen LogP contribution >= 0.6 is 22.9 Å². The zero-order chi connectivity index (χ0) is 11.4. The Morgan fingerprint density at radius 1 is 1.38 bits per heavy atom. The zero-order valence-corrected chi connectivity index (χ0v) is 10.2. The molecule has 0 spiro atoms. The van der Waals surface area contributed by atoms with Crippen molar-refractivity contribution in [1.29, 1.82) is 0 Å². The van der Waals surface area contributed by atoms with E-state index in [0.717, 1.165) is 23.7 Å². The molecule has 84 valence electrons. The van der Waals surface area contributed by atoms with Gasteiger partial charge in [-0.3, -0.25) is 0 Å². The fourth-order valence-corrected chi connectivity index (χ4v) is 2.06. The monoisotopic (exact) mass is 253 g/mol. The van der Waals surface area contributed by atoms with Crippen LogP contribution in [0.2, 0.25) is 5.02 Å². The number of rotatable bonds is 4. The molecule has 2 rings (SSSR count). The molecule has 0 radical (unpaired) electrons. The molecule has 0 bridgehead atoms. The van der Waals surface area contributed by atoms with E-state index < -0.39 is 0 Å². The minimum Gasteiger partial charge on any atom is -0.398 e. The van der Waals surface area contributed by atoms with E-state index in [0.29, 0.717) is 10.7 Å². The number of hydrogen-bond acceptors (Lipinski definition) is 4. The number of nitrogens with zero attached hydrogens (tertiary/aromatic N) is 1. The van der Waals surface area contributed by atoms with Gasteiger partial charge in [-0.15, -0.1) is 11.3 Å². The molecule has 1 aromatic carbocycles. The van der Waals surface area contributed by atoms with Crippen LogP contribution < -0.4 is 11.1 Å². The van der Waals surface area contributed by atoms with E-state index in [4.69, 9.17) is 17.3 Å². The number of anilines is 1. The van der Waals surface area contributed by atoms with Crippen LogP contribution in [0.4, 0.5) is 5.69 Å². The second-order valence-corrected chi connectivity index (χ2v) is 4.77. The van der Waals surface area contributed by atoms with Crippen LogP contribution in [0.25, 0.3) is 0 Å². The number of halogens is 1. The summed E-state index contributed by atoms with van der Waals surface area (Å²) in [5, 5.41) is 6.96. The molecule has 5 heteroatoms. The molecule has 1 aromatic heterocycles. The lowest BCUT2D eigenvalue weighted by atomic mass is 10.2. The first-order chi connectivity index (χ1) is 7.75. The van der Waals surface area contributed by atoms with Gasteiger partial charge in [-0.25, -0.2) is 4.98 Å². The van der Waals surface area contributed by atoms with E-state index in [2.05, 4.69) is 10.3 Å². The van der Waals surface area contributed by atoms with Crippen molar-refractivity contribution in [1.82, 2.24) is 10.3 Å². The predicted octanol–water partition coefficient (Wildman–Crippen LogP) is 2.67. The summed E-state index contributed by atoms with van der Waals surface area (Å²) < 4.78 is 0. The molecule has 0 aliphatic heterocycles. The fraction of sp³-hybridized carbons (Fsp3) is 0.182. The summed E-state index contributed by atoms with van der Waals surface area (Å²) in [6.45, 7) is 1.54. The zero-order valence-electron chi connectivity index (χ0n) is 8.61. The van der Waals surface area contributed by atoms with Gasteiger partial charge in [0.2, 0.25) is 0 Å². The number of aromatic nitrogens is 1. The highest BCUT2D eigenvalue weighted by molar-refractivity contribution is 7.09. The summed E-state index contributed by atoms with van der Waals surface area (Å²) >= 11 is 7.49. The van der Waals surface area contributed by atoms with E-state index >= 15 is 0 Å². The molecule has 0 atom stereocenters. The topological polar surface area (TPSA) is 50.9 Å². The van der Waals surface area contributed by atoms with Gasteiger partial charge in [0, 0.05) is 24.7 Å². The molecule has 0 unspecified atom stereocenters. The SMILES string of the molecule is Nc1cc(CNCc2nccs2)ccc1Cl. The van der Waals surface area contributed by atoms with Crippen LogP contribution in [0.3, 0.4) is 0 Å². The van der Waals surface area contributed by atoms with Crippen molar-refractivity contribution < 1.29 is 0 Å². The fourth-order valence-electron chi connectivity index (χ4n) is 1.36. The summed E-state index contributed by atoms with van der Waals surface area (Å²) in [5.41, 5.74) is 7.46. The lowest BCUT2D eigenvalue weighted by molar-refractivity contribution is 0.690. The van der Waals surface area contributed by atoms with Gasteiger partial charge < -0.3 is 11.1 Å². The highest BCUT2D eigenvalue weighted by Gasteiger charge is 1.99. The third-order valence-electron chi connectivity index (χ3n) is 2.15. The normalized spacial score (nSPS) is 10.6. The maximum absolute atomic E-state index is 5.84. The van der Waals surface area contributed by atoms with E-state index in [9.17, 15) is 0 Å². The van der Waals surface area contributed by atoms with Gasteiger partial charge >= 0.3 is 0 Å². The second kappa shape index (κ2) is 5.30. The van der Waals surface area contributed by atoms with Gasteiger partial charge in [0.05, 0.1) is 10.7 Å². The van der Waals surface area contributed by atoms with Crippen LogP contribution in [0.1, 0.15) is 10.6 Å². The van der Waals surface area contributed by atoms with Crippen molar-refractivity contribution >= 4 is 28.6 Å². The number of nitrogen functional groups attached to an aromatic ring is 1. The summed E-state index contributed by atoms with van der Waals surface area (Å²) in [6, 6.07) is 5.67. The third-order valence-corrected chi connectivity index (χ3v) is 3.27. The molecule has 0 amide bonds. The summed E-state index contributed by atoms with van der Waals surface area (Å²) in [4.78, 5) is 4.19. The first-order valence-corrected chi connectivity index (χ1v) is 6.14. The minimum absolute atomic E-state index is 0.601. The molecule has 3 N–H and O–H groups in total. The molecular formula is C11H12ClN3S. The number of nitrogens with one attached hydrogen (secondary N) is 1.